The van der Waals surface area contributed by atoms with Crippen molar-refractivity contribution in [1.82, 2.24) is 0 Å². The molecule has 0 aromatic carbocycles. The summed E-state index contributed by atoms with van der Waals surface area (Å²) in [6, 6.07) is 3.81. The largest absolute Gasteiger partial charge is 0.227 e. The van der Waals surface area contributed by atoms with Gasteiger partial charge in [-0.1, -0.05) is 13.0 Å². The quantitative estimate of drug-likeness (QED) is 0.603. The summed E-state index contributed by atoms with van der Waals surface area (Å²) in [5.41, 5.74) is 0. The van der Waals surface area contributed by atoms with Crippen LogP contribution < -0.4 is 0 Å². The predicted molar refractivity (Wildman–Crippen MR) is 38.0 cm³/mol. The zero-order valence-corrected chi connectivity index (χ0v) is 6.15. The monoisotopic (exact) mass is 141 g/mol. The maximum atomic E-state index is 11.0. The van der Waals surface area contributed by atoms with E-state index in [0.717, 1.165) is 4.88 Å². The minimum Gasteiger partial charge on any atom is -0.227 e. The molecule has 1 rings (SSSR count). The van der Waals surface area contributed by atoms with Gasteiger partial charge in [-0.3, -0.25) is 0 Å². The van der Waals surface area contributed by atoms with E-state index < -0.39 is 6.10 Å². The highest BCUT2D eigenvalue weighted by Gasteiger charge is 2.05. The average molecular weight is 141 g/mol. The summed E-state index contributed by atoms with van der Waals surface area (Å²) >= 11 is 1.54. The standard InChI is InChI=1S/C7H9OS/c1-2-6(8)7-4-3-5-9-7/h3-6H,2H2,1H3. The van der Waals surface area contributed by atoms with E-state index in [-0.39, 0.29) is 0 Å². The van der Waals surface area contributed by atoms with Gasteiger partial charge in [0.15, 0.2) is 0 Å². The van der Waals surface area contributed by atoms with Crippen LogP contribution in [-0.2, 0) is 5.11 Å². The first-order chi connectivity index (χ1) is 4.34. The van der Waals surface area contributed by atoms with Crippen LogP contribution in [0.25, 0.3) is 0 Å². The fourth-order valence-electron chi connectivity index (χ4n) is 0.676. The SMILES string of the molecule is CCC([O])c1cccs1. The highest BCUT2D eigenvalue weighted by molar-refractivity contribution is 7.10. The lowest BCUT2D eigenvalue weighted by Crippen LogP contribution is -1.86. The Labute approximate surface area is 59.0 Å². The molecule has 1 aromatic heterocycles. The van der Waals surface area contributed by atoms with E-state index in [1.165, 1.54) is 0 Å². The molecular weight excluding hydrogens is 132 g/mol. The van der Waals surface area contributed by atoms with Gasteiger partial charge in [-0.15, -0.1) is 11.3 Å². The Bertz CT molecular complexity index is 157. The Morgan fingerprint density at radius 1 is 1.78 bits per heavy atom. The van der Waals surface area contributed by atoms with Gasteiger partial charge >= 0.3 is 0 Å². The second-order valence-electron chi connectivity index (χ2n) is 1.91. The molecular formula is C7H9OS. The maximum Gasteiger partial charge on any atom is 0.127 e. The molecule has 1 radical (unpaired) electrons. The van der Waals surface area contributed by atoms with Crippen LogP contribution >= 0.6 is 11.3 Å². The molecule has 0 N–H and O–H groups in total. The van der Waals surface area contributed by atoms with E-state index in [1.807, 2.05) is 24.4 Å². The Morgan fingerprint density at radius 2 is 2.56 bits per heavy atom. The molecule has 0 bridgehead atoms. The van der Waals surface area contributed by atoms with Crippen LogP contribution in [0.4, 0.5) is 0 Å². The molecule has 0 saturated carbocycles. The fourth-order valence-corrected chi connectivity index (χ4v) is 1.47. The van der Waals surface area contributed by atoms with Gasteiger partial charge in [-0.05, 0) is 17.9 Å². The van der Waals surface area contributed by atoms with Crippen LogP contribution in [0.15, 0.2) is 17.5 Å². The van der Waals surface area contributed by atoms with Gasteiger partial charge in [-0.25, -0.2) is 5.11 Å². The molecule has 0 aliphatic rings. The van der Waals surface area contributed by atoms with Gasteiger partial charge in [-0.2, -0.15) is 0 Å². The summed E-state index contributed by atoms with van der Waals surface area (Å²) in [4.78, 5) is 0.956. The molecule has 9 heavy (non-hydrogen) atoms. The zero-order valence-electron chi connectivity index (χ0n) is 5.33. The molecule has 0 spiro atoms. The number of hydrogen-bond acceptors (Lipinski definition) is 1. The van der Waals surface area contributed by atoms with Crippen molar-refractivity contribution in [3.8, 4) is 0 Å². The first-order valence-electron chi connectivity index (χ1n) is 3.03. The summed E-state index contributed by atoms with van der Waals surface area (Å²) in [5, 5.41) is 12.9. The highest BCUT2D eigenvalue weighted by atomic mass is 32.1. The molecule has 0 fully saturated rings. The second-order valence-corrected chi connectivity index (χ2v) is 2.89. The second kappa shape index (κ2) is 2.99. The highest BCUT2D eigenvalue weighted by Crippen LogP contribution is 2.21. The van der Waals surface area contributed by atoms with Gasteiger partial charge in [0.05, 0.1) is 0 Å². The Morgan fingerprint density at radius 3 is 3.00 bits per heavy atom. The van der Waals surface area contributed by atoms with Crippen molar-refractivity contribution in [2.24, 2.45) is 0 Å². The molecule has 2 heteroatoms. The van der Waals surface area contributed by atoms with Gasteiger partial charge in [0.25, 0.3) is 0 Å². The van der Waals surface area contributed by atoms with E-state index in [9.17, 15) is 5.11 Å². The third-order valence-corrected chi connectivity index (χ3v) is 2.20. The average Bonchev–Trinajstić information content (AvgIpc) is 2.37. The Kier molecular flexibility index (Phi) is 2.25. The fraction of sp³-hybridized carbons (Fsp3) is 0.429. The van der Waals surface area contributed by atoms with E-state index in [2.05, 4.69) is 0 Å². The van der Waals surface area contributed by atoms with Crippen molar-refractivity contribution in [1.29, 1.82) is 0 Å². The number of rotatable bonds is 2. The molecule has 1 atom stereocenters. The van der Waals surface area contributed by atoms with Crippen LogP contribution in [-0.4, -0.2) is 0 Å². The van der Waals surface area contributed by atoms with Gasteiger partial charge in [0.2, 0.25) is 0 Å². The van der Waals surface area contributed by atoms with E-state index in [4.69, 9.17) is 0 Å². The Balaban J connectivity index is 2.65. The van der Waals surface area contributed by atoms with E-state index in [0.29, 0.717) is 6.42 Å². The molecule has 1 heterocycles. The third kappa shape index (κ3) is 1.53. The van der Waals surface area contributed by atoms with Crippen molar-refractivity contribution >= 4 is 11.3 Å². The van der Waals surface area contributed by atoms with Crippen LogP contribution in [0.3, 0.4) is 0 Å². The molecule has 49 valence electrons. The van der Waals surface area contributed by atoms with E-state index >= 15 is 0 Å². The minimum atomic E-state index is -0.495. The molecule has 1 aromatic rings. The summed E-state index contributed by atoms with van der Waals surface area (Å²) in [5.74, 6) is 0. The lowest BCUT2D eigenvalue weighted by atomic mass is 10.2. The van der Waals surface area contributed by atoms with Crippen LogP contribution in [0.2, 0.25) is 0 Å². The van der Waals surface area contributed by atoms with Crippen molar-refractivity contribution < 1.29 is 5.11 Å². The lowest BCUT2D eigenvalue weighted by molar-refractivity contribution is 0.0888. The van der Waals surface area contributed by atoms with Gasteiger partial charge in [0.1, 0.15) is 6.10 Å². The first kappa shape index (κ1) is 6.78. The van der Waals surface area contributed by atoms with Crippen LogP contribution in [0.1, 0.15) is 24.3 Å². The molecule has 0 aliphatic carbocycles. The van der Waals surface area contributed by atoms with Gasteiger partial charge < -0.3 is 0 Å². The summed E-state index contributed by atoms with van der Waals surface area (Å²) in [6.45, 7) is 1.91. The van der Waals surface area contributed by atoms with Crippen molar-refractivity contribution in [2.45, 2.75) is 19.4 Å². The molecule has 1 unspecified atom stereocenters. The molecule has 0 amide bonds. The third-order valence-electron chi connectivity index (χ3n) is 1.23. The summed E-state index contributed by atoms with van der Waals surface area (Å²) < 4.78 is 0. The summed E-state index contributed by atoms with van der Waals surface area (Å²) in [6.07, 6.45) is 0.200. The predicted octanol–water partition coefficient (Wildman–Crippen LogP) is 2.63. The van der Waals surface area contributed by atoms with Crippen molar-refractivity contribution in [3.05, 3.63) is 22.4 Å². The normalized spacial score (nSPS) is 13.6. The summed E-state index contributed by atoms with van der Waals surface area (Å²) in [7, 11) is 0. The van der Waals surface area contributed by atoms with Gasteiger partial charge in [0, 0.05) is 4.88 Å². The topological polar surface area (TPSA) is 19.9 Å². The molecule has 0 aliphatic heterocycles. The smallest absolute Gasteiger partial charge is 0.127 e. The zero-order chi connectivity index (χ0) is 6.69. The number of hydrogen-bond donors (Lipinski definition) is 0. The van der Waals surface area contributed by atoms with Crippen molar-refractivity contribution in [2.75, 3.05) is 0 Å². The van der Waals surface area contributed by atoms with Crippen LogP contribution in [0, 0.1) is 0 Å². The van der Waals surface area contributed by atoms with E-state index in [1.54, 1.807) is 11.3 Å². The minimum absolute atomic E-state index is 0.495. The Hall–Kier alpha value is -0.340. The maximum absolute atomic E-state index is 11.0. The molecule has 1 nitrogen and oxygen atoms in total. The molecule has 0 saturated heterocycles. The first-order valence-corrected chi connectivity index (χ1v) is 3.91. The lowest BCUT2D eigenvalue weighted by Gasteiger charge is -1.98. The van der Waals surface area contributed by atoms with Crippen molar-refractivity contribution in [3.63, 3.8) is 0 Å². The van der Waals surface area contributed by atoms with Crippen LogP contribution in [0.5, 0.6) is 0 Å². The number of thiophene rings is 1.